The molecule has 3 aliphatic rings. The maximum atomic E-state index is 3.12. The quantitative estimate of drug-likeness (QED) is 0.493. The lowest BCUT2D eigenvalue weighted by Gasteiger charge is -2.65. The average Bonchev–Trinajstić information content (AvgIpc) is 2.74. The monoisotopic (exact) mass is 413 g/mol. The Morgan fingerprint density at radius 2 is 1.80 bits per heavy atom. The summed E-state index contributed by atoms with van der Waals surface area (Å²) in [4.78, 5) is 0. The van der Waals surface area contributed by atoms with Gasteiger partial charge < -0.3 is 5.32 Å². The first-order chi connectivity index (χ1) is 14.4. The Hall–Kier alpha value is -0.820. The molecule has 2 fully saturated rings. The van der Waals surface area contributed by atoms with Crippen LogP contribution in [0, 0.1) is 24.7 Å². The third-order valence-corrected chi connectivity index (χ3v) is 8.26. The molecule has 0 saturated heterocycles. The molecule has 1 aromatic carbocycles. The van der Waals surface area contributed by atoms with E-state index >= 15 is 0 Å². The Kier molecular flexibility index (Phi) is 10.4. The van der Waals surface area contributed by atoms with Crippen LogP contribution in [0.25, 0.3) is 0 Å². The van der Waals surface area contributed by atoms with Gasteiger partial charge in [0.2, 0.25) is 0 Å². The fraction of sp³-hybridized carbons (Fsp3) is 0.793. The zero-order valence-corrected chi connectivity index (χ0v) is 21.3. The molecule has 0 heterocycles. The highest BCUT2D eigenvalue weighted by molar-refractivity contribution is 5.56. The van der Waals surface area contributed by atoms with Crippen molar-refractivity contribution in [3.8, 4) is 0 Å². The van der Waals surface area contributed by atoms with Gasteiger partial charge in [0, 0.05) is 5.41 Å². The van der Waals surface area contributed by atoms with E-state index in [1.807, 2.05) is 7.05 Å². The lowest BCUT2D eigenvalue weighted by Crippen LogP contribution is -2.58. The summed E-state index contributed by atoms with van der Waals surface area (Å²) in [5, 5.41) is 3.12. The Bertz CT molecular complexity index is 612. The molecule has 1 aromatic rings. The van der Waals surface area contributed by atoms with E-state index in [0.29, 0.717) is 5.41 Å². The molecule has 1 heteroatoms. The van der Waals surface area contributed by atoms with Crippen LogP contribution in [0.2, 0.25) is 0 Å². The van der Waals surface area contributed by atoms with Gasteiger partial charge in [-0.25, -0.2) is 0 Å². The first-order valence-electron chi connectivity index (χ1n) is 13.2. The summed E-state index contributed by atoms with van der Waals surface area (Å²) in [6.07, 6.45) is 14.3. The Morgan fingerprint density at radius 1 is 1.10 bits per heavy atom. The first-order valence-corrected chi connectivity index (χ1v) is 13.2. The zero-order valence-electron chi connectivity index (χ0n) is 21.3. The van der Waals surface area contributed by atoms with E-state index in [0.717, 1.165) is 30.2 Å². The molecule has 4 atom stereocenters. The lowest BCUT2D eigenvalue weighted by atomic mass is 9.38. The number of hydrogen-bond donors (Lipinski definition) is 1. The van der Waals surface area contributed by atoms with E-state index in [9.17, 15) is 0 Å². The van der Waals surface area contributed by atoms with Crippen molar-refractivity contribution in [3.05, 3.63) is 34.9 Å². The van der Waals surface area contributed by atoms with Crippen LogP contribution in [-0.4, -0.2) is 13.6 Å². The minimum atomic E-state index is 0.602. The number of benzene rings is 1. The highest BCUT2D eigenvalue weighted by Gasteiger charge is 2.62. The number of rotatable bonds is 6. The Morgan fingerprint density at radius 3 is 2.27 bits per heavy atom. The standard InChI is InChI=1S/C16H22.C7H14.C6H15N/c1-4-8-16-12(5-2)10-15(16)13-7-6-11(3)9-14(13)16;1-7-5-3-2-4-6-7;1-4-6(2)5-7-3/h6-7,9,12,15H,4-5,8,10H2,1-3H3;7H,2-6H2,1H3;6-7H,4-5H2,1-3H3/t12?,15?,16-;;/m0../s1. The number of nitrogens with one attached hydrogen (secondary N) is 1. The van der Waals surface area contributed by atoms with Crippen molar-refractivity contribution < 1.29 is 0 Å². The maximum Gasteiger partial charge on any atom is 0.00530 e. The molecule has 3 unspecified atom stereocenters. The predicted molar refractivity (Wildman–Crippen MR) is 135 cm³/mol. The number of fused-ring (bicyclic) bond motifs is 4. The highest BCUT2D eigenvalue weighted by Crippen LogP contribution is 2.70. The molecule has 3 aliphatic carbocycles. The molecule has 2 saturated carbocycles. The minimum absolute atomic E-state index is 0.602. The van der Waals surface area contributed by atoms with E-state index in [1.54, 1.807) is 11.1 Å². The minimum Gasteiger partial charge on any atom is -0.319 e. The molecule has 4 rings (SSSR count). The van der Waals surface area contributed by atoms with Gasteiger partial charge in [-0.05, 0) is 68.2 Å². The lowest BCUT2D eigenvalue weighted by molar-refractivity contribution is 0.0298. The third-order valence-electron chi connectivity index (χ3n) is 8.26. The van der Waals surface area contributed by atoms with Crippen LogP contribution in [0.1, 0.15) is 121 Å². The second-order valence-corrected chi connectivity index (χ2v) is 10.6. The van der Waals surface area contributed by atoms with Gasteiger partial charge in [0.1, 0.15) is 0 Å². The molecular formula is C29H51N. The van der Waals surface area contributed by atoms with Crippen LogP contribution in [0.3, 0.4) is 0 Å². The molecule has 0 bridgehead atoms. The fourth-order valence-corrected chi connectivity index (χ4v) is 6.20. The number of aryl methyl sites for hydroxylation is 1. The summed E-state index contributed by atoms with van der Waals surface area (Å²) >= 11 is 0. The predicted octanol–water partition coefficient (Wildman–Crippen LogP) is 8.40. The van der Waals surface area contributed by atoms with Crippen molar-refractivity contribution in [1.82, 2.24) is 5.32 Å². The first kappa shape index (κ1) is 25.4. The second-order valence-electron chi connectivity index (χ2n) is 10.6. The highest BCUT2D eigenvalue weighted by atomic mass is 14.8. The molecule has 0 amide bonds. The van der Waals surface area contributed by atoms with Gasteiger partial charge in [-0.2, -0.15) is 0 Å². The molecule has 0 aromatic heterocycles. The van der Waals surface area contributed by atoms with Crippen molar-refractivity contribution in [2.24, 2.45) is 17.8 Å². The SMILES string of the molecule is CC1CCCCC1.CCC(C)CNC.CCC[C@]12c3cc(C)ccc3C1CC2CC. The second kappa shape index (κ2) is 12.3. The van der Waals surface area contributed by atoms with Gasteiger partial charge in [0.05, 0.1) is 0 Å². The van der Waals surface area contributed by atoms with E-state index in [1.165, 1.54) is 69.8 Å². The molecule has 0 radical (unpaired) electrons. The summed E-state index contributed by atoms with van der Waals surface area (Å²) in [6, 6.07) is 7.13. The van der Waals surface area contributed by atoms with Gasteiger partial charge in [0.25, 0.3) is 0 Å². The molecule has 172 valence electrons. The zero-order chi connectivity index (χ0) is 22.1. The molecule has 1 N–H and O–H groups in total. The summed E-state index contributed by atoms with van der Waals surface area (Å²) < 4.78 is 0. The van der Waals surface area contributed by atoms with E-state index in [2.05, 4.69) is 65.1 Å². The smallest absolute Gasteiger partial charge is 0.00530 e. The van der Waals surface area contributed by atoms with E-state index in [4.69, 9.17) is 0 Å². The topological polar surface area (TPSA) is 12.0 Å². The van der Waals surface area contributed by atoms with E-state index in [-0.39, 0.29) is 0 Å². The maximum absolute atomic E-state index is 3.12. The van der Waals surface area contributed by atoms with Gasteiger partial charge in [-0.3, -0.25) is 0 Å². The van der Waals surface area contributed by atoms with Crippen LogP contribution in [0.15, 0.2) is 18.2 Å². The molecule has 0 aliphatic heterocycles. The number of hydrogen-bond acceptors (Lipinski definition) is 1. The van der Waals surface area contributed by atoms with Crippen molar-refractivity contribution in [3.63, 3.8) is 0 Å². The Balaban J connectivity index is 0.000000191. The van der Waals surface area contributed by atoms with Crippen LogP contribution in [-0.2, 0) is 5.41 Å². The van der Waals surface area contributed by atoms with Gasteiger partial charge in [-0.1, -0.05) is 110 Å². The van der Waals surface area contributed by atoms with Gasteiger partial charge in [0.15, 0.2) is 0 Å². The molecule has 0 spiro atoms. The van der Waals surface area contributed by atoms with Crippen LogP contribution in [0.5, 0.6) is 0 Å². The summed E-state index contributed by atoms with van der Waals surface area (Å²) in [6.45, 7) is 14.9. The average molecular weight is 414 g/mol. The van der Waals surface area contributed by atoms with Crippen molar-refractivity contribution in [2.75, 3.05) is 13.6 Å². The van der Waals surface area contributed by atoms with Gasteiger partial charge >= 0.3 is 0 Å². The van der Waals surface area contributed by atoms with Gasteiger partial charge in [-0.15, -0.1) is 0 Å². The Labute approximate surface area is 188 Å². The van der Waals surface area contributed by atoms with E-state index < -0.39 is 0 Å². The van der Waals surface area contributed by atoms with Crippen molar-refractivity contribution in [1.29, 1.82) is 0 Å². The normalized spacial score (nSPS) is 27.7. The third kappa shape index (κ3) is 5.70. The van der Waals surface area contributed by atoms with Crippen LogP contribution in [0.4, 0.5) is 0 Å². The fourth-order valence-electron chi connectivity index (χ4n) is 6.20. The largest absolute Gasteiger partial charge is 0.319 e. The van der Waals surface area contributed by atoms with Crippen molar-refractivity contribution in [2.45, 2.75) is 117 Å². The summed E-state index contributed by atoms with van der Waals surface area (Å²) in [5.74, 6) is 3.75. The molecular weight excluding hydrogens is 362 g/mol. The summed E-state index contributed by atoms with van der Waals surface area (Å²) in [7, 11) is 1.99. The molecule has 1 nitrogen and oxygen atoms in total. The molecule has 30 heavy (non-hydrogen) atoms. The summed E-state index contributed by atoms with van der Waals surface area (Å²) in [5.41, 5.74) is 5.42. The van der Waals surface area contributed by atoms with Crippen LogP contribution >= 0.6 is 0 Å². The van der Waals surface area contributed by atoms with Crippen LogP contribution < -0.4 is 5.32 Å². The van der Waals surface area contributed by atoms with Crippen molar-refractivity contribution >= 4 is 0 Å².